The van der Waals surface area contributed by atoms with Gasteiger partial charge in [-0.05, 0) is 73.9 Å². The average Bonchev–Trinajstić information content (AvgIpc) is 2.94. The van der Waals surface area contributed by atoms with Gasteiger partial charge < -0.3 is 15.2 Å². The smallest absolute Gasteiger partial charge is 0.337 e. The lowest BCUT2D eigenvalue weighted by Crippen LogP contribution is -2.14. The lowest BCUT2D eigenvalue weighted by Gasteiger charge is -2.08. The van der Waals surface area contributed by atoms with Crippen molar-refractivity contribution in [3.8, 4) is 5.75 Å². The van der Waals surface area contributed by atoms with Gasteiger partial charge in [-0.2, -0.15) is 0 Å². The van der Waals surface area contributed by atoms with E-state index in [0.717, 1.165) is 22.5 Å². The van der Waals surface area contributed by atoms with Crippen molar-refractivity contribution in [1.29, 1.82) is 0 Å². The fraction of sp³-hybridized carbons (Fsp3) is 0.156. The number of nitrogens with zero attached hydrogens (tertiary/aromatic N) is 1. The molecule has 2 N–H and O–H groups in total. The molecule has 2 aromatic rings. The van der Waals surface area contributed by atoms with E-state index in [0.29, 0.717) is 11.1 Å². The Labute approximate surface area is 225 Å². The molecule has 0 aliphatic carbocycles. The highest BCUT2D eigenvalue weighted by Crippen LogP contribution is 2.23. The predicted octanol–water partition coefficient (Wildman–Crippen LogP) is 7.32. The molecule has 0 fully saturated rings. The number of allylic oxidation sites excluding steroid dienone is 9. The zero-order valence-corrected chi connectivity index (χ0v) is 22.5. The molecule has 0 aliphatic heterocycles. The summed E-state index contributed by atoms with van der Waals surface area (Å²) < 4.78 is 4.46. The second kappa shape index (κ2) is 17.7. The molecular weight excluding hydrogens is 476 g/mol. The van der Waals surface area contributed by atoms with Crippen LogP contribution in [0, 0.1) is 0 Å². The van der Waals surface area contributed by atoms with E-state index < -0.39 is 5.97 Å². The summed E-state index contributed by atoms with van der Waals surface area (Å²) in [6.45, 7) is 13.4. The maximum absolute atomic E-state index is 12.4. The molecular formula is C32H36N2O4. The normalized spacial score (nSPS) is 12.1. The summed E-state index contributed by atoms with van der Waals surface area (Å²) in [5.74, 6) is -0.240. The van der Waals surface area contributed by atoms with Gasteiger partial charge in [0.15, 0.2) is 5.78 Å². The van der Waals surface area contributed by atoms with Gasteiger partial charge in [0.25, 0.3) is 0 Å². The third-order valence-corrected chi connectivity index (χ3v) is 5.13. The molecule has 2 rings (SSSR count). The first-order valence-electron chi connectivity index (χ1n) is 12.0. The second-order valence-electron chi connectivity index (χ2n) is 7.73. The van der Waals surface area contributed by atoms with Crippen LogP contribution in [0.4, 0.5) is 11.4 Å². The Morgan fingerprint density at radius 3 is 2.29 bits per heavy atom. The van der Waals surface area contributed by atoms with Gasteiger partial charge in [0.05, 0.1) is 30.6 Å². The number of para-hydroxylation sites is 2. The number of esters is 1. The van der Waals surface area contributed by atoms with Crippen LogP contribution in [0.5, 0.6) is 5.75 Å². The number of anilines is 1. The number of Topliss-reactive ketones (excluding diaryl/α,β-unsaturated/α-hetero) is 1. The number of carbonyl (C=O) groups excluding carboxylic acids is 2. The summed E-state index contributed by atoms with van der Waals surface area (Å²) in [5, 5.41) is 12.0. The van der Waals surface area contributed by atoms with Crippen molar-refractivity contribution in [3.05, 3.63) is 127 Å². The number of carbonyl (C=O) groups is 2. The van der Waals surface area contributed by atoms with Crippen LogP contribution in [-0.4, -0.2) is 36.7 Å². The van der Waals surface area contributed by atoms with Gasteiger partial charge in [-0.15, -0.1) is 0 Å². The molecule has 2 aromatic carbocycles. The van der Waals surface area contributed by atoms with Gasteiger partial charge in [-0.1, -0.05) is 67.8 Å². The molecule has 0 heterocycles. The number of hydrogen-bond donors (Lipinski definition) is 2. The van der Waals surface area contributed by atoms with E-state index >= 15 is 0 Å². The average molecular weight is 513 g/mol. The van der Waals surface area contributed by atoms with Crippen LogP contribution in [-0.2, 0) is 9.53 Å². The van der Waals surface area contributed by atoms with Crippen LogP contribution in [0.15, 0.2) is 126 Å². The minimum Gasteiger partial charge on any atom is -0.508 e. The molecule has 6 heteroatoms. The summed E-state index contributed by atoms with van der Waals surface area (Å²) in [5.41, 5.74) is 4.72. The van der Waals surface area contributed by atoms with Crippen molar-refractivity contribution < 1.29 is 19.4 Å². The Morgan fingerprint density at radius 2 is 1.71 bits per heavy atom. The quantitative estimate of drug-likeness (QED) is 0.143. The maximum Gasteiger partial charge on any atom is 0.337 e. The molecule has 38 heavy (non-hydrogen) atoms. The molecule has 0 radical (unpaired) electrons. The van der Waals surface area contributed by atoms with E-state index in [1.54, 1.807) is 18.4 Å². The van der Waals surface area contributed by atoms with Crippen LogP contribution in [0.25, 0.3) is 0 Å². The molecule has 0 atom stereocenters. The molecule has 0 unspecified atom stereocenters. The first-order valence-corrected chi connectivity index (χ1v) is 12.0. The molecule has 0 bridgehead atoms. The minimum absolute atomic E-state index is 0.0219. The van der Waals surface area contributed by atoms with E-state index in [-0.39, 0.29) is 18.1 Å². The molecule has 0 saturated heterocycles. The summed E-state index contributed by atoms with van der Waals surface area (Å²) in [7, 11) is 1.31. The summed E-state index contributed by atoms with van der Waals surface area (Å²) in [6.07, 6.45) is 14.8. The Balaban J connectivity index is 0.000000544. The second-order valence-corrected chi connectivity index (χ2v) is 7.73. The van der Waals surface area contributed by atoms with Crippen LogP contribution >= 0.6 is 0 Å². The highest BCUT2D eigenvalue weighted by molar-refractivity contribution is 5.98. The Hall–Kier alpha value is -4.71. The predicted molar refractivity (Wildman–Crippen MR) is 158 cm³/mol. The van der Waals surface area contributed by atoms with Crippen LogP contribution in [0.1, 0.15) is 31.1 Å². The molecule has 198 valence electrons. The maximum atomic E-state index is 12.4. The van der Waals surface area contributed by atoms with Gasteiger partial charge in [0, 0.05) is 6.21 Å². The number of phenolic OH excluding ortho intramolecular Hbond substituents is 1. The summed E-state index contributed by atoms with van der Waals surface area (Å²) >= 11 is 0. The lowest BCUT2D eigenvalue weighted by molar-refractivity contribution is -0.113. The highest BCUT2D eigenvalue weighted by atomic mass is 16.5. The van der Waals surface area contributed by atoms with Gasteiger partial charge >= 0.3 is 5.97 Å². The molecule has 0 aromatic heterocycles. The number of aromatic hydroxyl groups is 1. The third kappa shape index (κ3) is 10.9. The van der Waals surface area contributed by atoms with Crippen molar-refractivity contribution in [2.75, 3.05) is 19.0 Å². The fourth-order valence-corrected chi connectivity index (χ4v) is 3.03. The van der Waals surface area contributed by atoms with Crippen molar-refractivity contribution in [3.63, 3.8) is 0 Å². The molecule has 6 nitrogen and oxygen atoms in total. The number of rotatable bonds is 11. The number of ketones is 1. The zero-order valence-electron chi connectivity index (χ0n) is 22.5. The molecule has 0 saturated carbocycles. The SMILES string of the molecule is C=C\C=C/C(=C\C)C(/C=C)=C/C=C(\C)C(=O)CNc1ccccc1N=CC.COC(=O)c1ccc(O)cc1. The fourth-order valence-electron chi connectivity index (χ4n) is 3.03. The summed E-state index contributed by atoms with van der Waals surface area (Å²) in [6, 6.07) is 13.5. The van der Waals surface area contributed by atoms with Crippen LogP contribution in [0.2, 0.25) is 0 Å². The number of benzene rings is 2. The van der Waals surface area contributed by atoms with Gasteiger partial charge in [-0.25, -0.2) is 4.79 Å². The largest absolute Gasteiger partial charge is 0.508 e. The van der Waals surface area contributed by atoms with Crippen LogP contribution in [0.3, 0.4) is 0 Å². The number of nitrogens with one attached hydrogen (secondary N) is 1. The highest BCUT2D eigenvalue weighted by Gasteiger charge is 2.06. The number of ether oxygens (including phenoxy) is 1. The minimum atomic E-state index is -0.398. The molecule has 0 spiro atoms. The van der Waals surface area contributed by atoms with Gasteiger partial charge in [0.1, 0.15) is 5.75 Å². The number of phenols is 1. The van der Waals surface area contributed by atoms with E-state index in [2.05, 4.69) is 28.2 Å². The van der Waals surface area contributed by atoms with E-state index in [9.17, 15) is 9.59 Å². The van der Waals surface area contributed by atoms with Gasteiger partial charge in [0.2, 0.25) is 0 Å². The number of hydrogen-bond acceptors (Lipinski definition) is 6. The van der Waals surface area contributed by atoms with Crippen LogP contribution < -0.4 is 5.32 Å². The third-order valence-electron chi connectivity index (χ3n) is 5.13. The lowest BCUT2D eigenvalue weighted by atomic mass is 10.0. The monoisotopic (exact) mass is 512 g/mol. The van der Waals surface area contributed by atoms with E-state index in [1.165, 1.54) is 31.4 Å². The Morgan fingerprint density at radius 1 is 1.03 bits per heavy atom. The molecule has 0 aliphatic rings. The Bertz CT molecular complexity index is 1250. The number of aliphatic imine (C=N–C) groups is 1. The van der Waals surface area contributed by atoms with Crippen molar-refractivity contribution >= 4 is 29.3 Å². The first kappa shape index (κ1) is 31.3. The summed E-state index contributed by atoms with van der Waals surface area (Å²) in [4.78, 5) is 27.6. The van der Waals surface area contributed by atoms with E-state index in [1.807, 2.05) is 75.4 Å². The zero-order chi connectivity index (χ0) is 28.3. The first-order chi connectivity index (χ1) is 18.3. The van der Waals surface area contributed by atoms with Crippen molar-refractivity contribution in [2.24, 2.45) is 4.99 Å². The molecule has 0 amide bonds. The topological polar surface area (TPSA) is 88.0 Å². The van der Waals surface area contributed by atoms with Crippen molar-refractivity contribution in [1.82, 2.24) is 0 Å². The Kier molecular flexibility index (Phi) is 14.6. The number of methoxy groups -OCH3 is 1. The van der Waals surface area contributed by atoms with Gasteiger partial charge in [-0.3, -0.25) is 9.79 Å². The van der Waals surface area contributed by atoms with E-state index in [4.69, 9.17) is 5.11 Å². The van der Waals surface area contributed by atoms with Crippen molar-refractivity contribution in [2.45, 2.75) is 20.8 Å². The standard InChI is InChI=1S/C24H28N2O.C8H8O3/c1-6-10-13-20(7-2)21(8-3)17-16-19(5)24(27)18-26-23-15-12-11-14-22(23)25-9-4;1-11-8(10)6-2-4-7(9)5-3-6/h6-17,26H,1,3,18H2,2,4-5H3;2-5,9H,1H3/b13-10-,19-16+,20-7+,21-17+,25-9?;.